The third kappa shape index (κ3) is 3.35. The predicted molar refractivity (Wildman–Crippen MR) is 120 cm³/mol. The first-order valence-electron chi connectivity index (χ1n) is 9.25. The summed E-state index contributed by atoms with van der Waals surface area (Å²) in [6, 6.07) is 26.3. The van der Waals surface area contributed by atoms with Gasteiger partial charge >= 0.3 is 6.92 Å². The molecule has 4 aromatic rings. The number of hydrogen-bond acceptors (Lipinski definition) is 2. The van der Waals surface area contributed by atoms with Gasteiger partial charge in [-0.05, 0) is 34.2 Å². The number of benzene rings is 3. The fourth-order valence-corrected chi connectivity index (χ4v) is 3.46. The quantitative estimate of drug-likeness (QED) is 0.464. The van der Waals surface area contributed by atoms with Crippen LogP contribution in [0.2, 0.25) is 0 Å². The molecule has 2 nitrogen and oxygen atoms in total. The van der Waals surface area contributed by atoms with Crippen LogP contribution in [-0.4, -0.2) is 11.9 Å². The number of nitrogens with zero attached hydrogens (tertiary/aromatic N) is 1. The number of rotatable bonds is 6. The van der Waals surface area contributed by atoms with Crippen LogP contribution in [0.5, 0.6) is 5.75 Å². The highest BCUT2D eigenvalue weighted by Gasteiger charge is 2.28. The molecular weight excluding hydrogens is 341 g/mol. The normalized spacial score (nSPS) is 10.4. The lowest BCUT2D eigenvalue weighted by atomic mass is 9.52. The van der Waals surface area contributed by atoms with Gasteiger partial charge in [0, 0.05) is 11.6 Å². The zero-order valence-electron chi connectivity index (χ0n) is 15.6. The van der Waals surface area contributed by atoms with Gasteiger partial charge in [0.25, 0.3) is 0 Å². The van der Waals surface area contributed by atoms with Crippen molar-refractivity contribution in [3.8, 4) is 5.75 Å². The van der Waals surface area contributed by atoms with E-state index in [2.05, 4.69) is 42.4 Å². The molecule has 0 saturated carbocycles. The van der Waals surface area contributed by atoms with Crippen molar-refractivity contribution in [3.63, 3.8) is 0 Å². The van der Waals surface area contributed by atoms with E-state index in [1.165, 1.54) is 0 Å². The van der Waals surface area contributed by atoms with E-state index < -0.39 is 0 Å². The molecule has 0 radical (unpaired) electrons. The molecular formula is C25H20BNO. The molecule has 134 valence electrons. The van der Waals surface area contributed by atoms with E-state index in [0.717, 1.165) is 38.7 Å². The minimum absolute atomic E-state index is 0.309. The first-order valence-corrected chi connectivity index (χ1v) is 9.25. The van der Waals surface area contributed by atoms with Gasteiger partial charge in [0.2, 0.25) is 0 Å². The summed E-state index contributed by atoms with van der Waals surface area (Å²) < 4.78 is 6.63. The highest BCUT2D eigenvalue weighted by molar-refractivity contribution is 6.81. The molecule has 0 spiro atoms. The summed E-state index contributed by atoms with van der Waals surface area (Å²) in [5, 5.41) is 1.05. The number of pyridine rings is 1. The average molecular weight is 361 g/mol. The van der Waals surface area contributed by atoms with E-state index in [9.17, 15) is 0 Å². The van der Waals surface area contributed by atoms with Crippen molar-refractivity contribution in [2.75, 3.05) is 0 Å². The Morgan fingerprint density at radius 1 is 0.714 bits per heavy atom. The number of hydrogen-bond donors (Lipinski definition) is 0. The van der Waals surface area contributed by atoms with E-state index >= 15 is 0 Å². The Kier molecular flexibility index (Phi) is 5.07. The molecule has 28 heavy (non-hydrogen) atoms. The van der Waals surface area contributed by atoms with E-state index in [1.807, 2.05) is 66.7 Å². The number of para-hydroxylation sites is 1. The maximum atomic E-state index is 6.63. The zero-order valence-corrected chi connectivity index (χ0v) is 15.6. The predicted octanol–water partition coefficient (Wildman–Crippen LogP) is 4.71. The van der Waals surface area contributed by atoms with Crippen molar-refractivity contribution >= 4 is 40.9 Å². The summed E-state index contributed by atoms with van der Waals surface area (Å²) in [5.41, 5.74) is 5.04. The Hall–Kier alpha value is -3.59. The second-order valence-corrected chi connectivity index (χ2v) is 6.50. The van der Waals surface area contributed by atoms with E-state index in [-0.39, 0.29) is 6.92 Å². The third-order valence-corrected chi connectivity index (χ3v) is 4.84. The topological polar surface area (TPSA) is 22.1 Å². The molecule has 3 heteroatoms. The molecule has 0 saturated heterocycles. The SMILES string of the molecule is C=Cc1ccccc1B(Oc1cccc2cccnc12)c1ccccc1C=C. The Labute approximate surface area is 165 Å². The number of fused-ring (bicyclic) bond motifs is 1. The van der Waals surface area contributed by atoms with Crippen LogP contribution in [0.3, 0.4) is 0 Å². The van der Waals surface area contributed by atoms with Gasteiger partial charge in [-0.15, -0.1) is 0 Å². The van der Waals surface area contributed by atoms with Crippen LogP contribution in [0, 0.1) is 0 Å². The highest BCUT2D eigenvalue weighted by atomic mass is 16.4. The van der Waals surface area contributed by atoms with Crippen molar-refractivity contribution < 1.29 is 4.65 Å². The molecule has 0 N–H and O–H groups in total. The van der Waals surface area contributed by atoms with E-state index in [1.54, 1.807) is 6.20 Å². The first kappa shape index (κ1) is 17.8. The summed E-state index contributed by atoms with van der Waals surface area (Å²) in [6.07, 6.45) is 5.52. The van der Waals surface area contributed by atoms with Crippen LogP contribution < -0.4 is 15.6 Å². The summed E-state index contributed by atoms with van der Waals surface area (Å²) >= 11 is 0. The minimum atomic E-state index is -0.309. The highest BCUT2D eigenvalue weighted by Crippen LogP contribution is 2.24. The zero-order chi connectivity index (χ0) is 19.3. The molecule has 0 unspecified atom stereocenters. The molecule has 0 aliphatic carbocycles. The largest absolute Gasteiger partial charge is 0.550 e. The lowest BCUT2D eigenvalue weighted by molar-refractivity contribution is 0.597. The fourth-order valence-electron chi connectivity index (χ4n) is 3.46. The molecule has 0 bridgehead atoms. The molecule has 0 aliphatic rings. The lowest BCUT2D eigenvalue weighted by Crippen LogP contribution is -2.49. The summed E-state index contributed by atoms with van der Waals surface area (Å²) in [4.78, 5) is 4.54. The van der Waals surface area contributed by atoms with Crippen molar-refractivity contribution in [2.45, 2.75) is 0 Å². The molecule has 3 aromatic carbocycles. The molecule has 0 aliphatic heterocycles. The average Bonchev–Trinajstić information content (AvgIpc) is 2.77. The molecule has 0 fully saturated rings. The van der Waals surface area contributed by atoms with Crippen molar-refractivity contribution in [2.24, 2.45) is 0 Å². The van der Waals surface area contributed by atoms with Gasteiger partial charge < -0.3 is 4.65 Å². The van der Waals surface area contributed by atoms with Gasteiger partial charge in [-0.1, -0.05) is 92.0 Å². The van der Waals surface area contributed by atoms with Crippen LogP contribution >= 0.6 is 0 Å². The Morgan fingerprint density at radius 3 is 1.96 bits per heavy atom. The van der Waals surface area contributed by atoms with Crippen LogP contribution in [0.4, 0.5) is 0 Å². The second kappa shape index (κ2) is 7.97. The fraction of sp³-hybridized carbons (Fsp3) is 0. The van der Waals surface area contributed by atoms with Crippen molar-refractivity contribution in [1.29, 1.82) is 0 Å². The van der Waals surface area contributed by atoms with Gasteiger partial charge in [-0.3, -0.25) is 4.98 Å². The van der Waals surface area contributed by atoms with Gasteiger partial charge in [-0.2, -0.15) is 0 Å². The van der Waals surface area contributed by atoms with Crippen molar-refractivity contribution in [1.82, 2.24) is 4.98 Å². The summed E-state index contributed by atoms with van der Waals surface area (Å²) in [6.45, 7) is 7.65. The summed E-state index contributed by atoms with van der Waals surface area (Å²) in [7, 11) is 0. The van der Waals surface area contributed by atoms with Crippen molar-refractivity contribution in [3.05, 3.63) is 109 Å². The first-order chi connectivity index (χ1) is 13.8. The molecule has 1 aromatic heterocycles. The third-order valence-electron chi connectivity index (χ3n) is 4.84. The lowest BCUT2D eigenvalue weighted by Gasteiger charge is -2.21. The van der Waals surface area contributed by atoms with Gasteiger partial charge in [0.1, 0.15) is 11.3 Å². The smallest absolute Gasteiger partial charge is 0.427 e. The van der Waals surface area contributed by atoms with Crippen LogP contribution in [-0.2, 0) is 0 Å². The molecule has 0 atom stereocenters. The van der Waals surface area contributed by atoms with Crippen LogP contribution in [0.1, 0.15) is 11.1 Å². The van der Waals surface area contributed by atoms with Gasteiger partial charge in [-0.25, -0.2) is 0 Å². The Morgan fingerprint density at radius 2 is 1.32 bits per heavy atom. The van der Waals surface area contributed by atoms with E-state index in [4.69, 9.17) is 4.65 Å². The Balaban J connectivity index is 1.90. The molecule has 1 heterocycles. The maximum Gasteiger partial charge on any atom is 0.427 e. The van der Waals surface area contributed by atoms with Gasteiger partial charge in [0.05, 0.1) is 0 Å². The van der Waals surface area contributed by atoms with E-state index in [0.29, 0.717) is 0 Å². The number of aromatic nitrogens is 1. The standard InChI is InChI=1S/C25H20BNO/c1-3-19-11-5-7-15-22(19)26(23-16-8-6-12-20(23)4-2)28-24-17-9-13-21-14-10-18-27-25(21)24/h3-18H,1-2H2. The van der Waals surface area contributed by atoms with Gasteiger partial charge in [0.15, 0.2) is 0 Å². The monoisotopic (exact) mass is 361 g/mol. The minimum Gasteiger partial charge on any atom is -0.550 e. The molecule has 0 amide bonds. The van der Waals surface area contributed by atoms with Crippen LogP contribution in [0.25, 0.3) is 23.1 Å². The maximum absolute atomic E-state index is 6.63. The summed E-state index contributed by atoms with van der Waals surface area (Å²) in [5.74, 6) is 0.751. The Bertz CT molecular complexity index is 1100. The van der Waals surface area contributed by atoms with Crippen LogP contribution in [0.15, 0.2) is 98.2 Å². The molecule has 4 rings (SSSR count). The second-order valence-electron chi connectivity index (χ2n) is 6.50.